The van der Waals surface area contributed by atoms with E-state index in [0.717, 1.165) is 17.0 Å². The van der Waals surface area contributed by atoms with Crippen LogP contribution in [0.15, 0.2) is 15.6 Å². The number of nitrogens with one attached hydrogen (secondary N) is 1. The van der Waals surface area contributed by atoms with Gasteiger partial charge in [-0.05, 0) is 12.5 Å². The number of carboxylic acids is 1. The first-order chi connectivity index (χ1) is 15.9. The molecule has 0 saturated carbocycles. The molecular formula is C17H14ClF3N6O4S3. The van der Waals surface area contributed by atoms with Gasteiger partial charge in [-0.15, -0.1) is 22.0 Å². The highest BCUT2D eigenvalue weighted by molar-refractivity contribution is 8.01. The lowest BCUT2D eigenvalue weighted by atomic mass is 10.0. The maximum absolute atomic E-state index is 13.0. The van der Waals surface area contributed by atoms with Crippen LogP contribution in [0.25, 0.3) is 0 Å². The van der Waals surface area contributed by atoms with Crippen LogP contribution in [0.5, 0.6) is 0 Å². The van der Waals surface area contributed by atoms with E-state index in [4.69, 9.17) is 11.6 Å². The number of fused-ring (bicyclic) bond motifs is 1. The first kappa shape index (κ1) is 24.8. The molecule has 0 bridgehead atoms. The Morgan fingerprint density at radius 3 is 2.62 bits per heavy atom. The highest BCUT2D eigenvalue weighted by Gasteiger charge is 2.54. The van der Waals surface area contributed by atoms with Gasteiger partial charge in [0.15, 0.2) is 10.0 Å². The van der Waals surface area contributed by atoms with Crippen LogP contribution in [-0.4, -0.2) is 70.7 Å². The summed E-state index contributed by atoms with van der Waals surface area (Å²) >= 11 is 9.63. The Balaban J connectivity index is 1.51. The summed E-state index contributed by atoms with van der Waals surface area (Å²) in [4.78, 5) is 38.4. The van der Waals surface area contributed by atoms with E-state index in [9.17, 15) is 32.7 Å². The molecule has 2 amide bonds. The second-order valence-electron chi connectivity index (χ2n) is 7.13. The lowest BCUT2D eigenvalue weighted by Crippen LogP contribution is -2.70. The van der Waals surface area contributed by atoms with E-state index in [-0.39, 0.29) is 17.2 Å². The molecule has 34 heavy (non-hydrogen) atoms. The van der Waals surface area contributed by atoms with Crippen molar-refractivity contribution < 1.29 is 32.7 Å². The van der Waals surface area contributed by atoms with Gasteiger partial charge >= 0.3 is 12.1 Å². The number of aromatic nitrogens is 4. The fraction of sp³-hybridized carbons (Fsp3) is 0.412. The number of amides is 2. The average molecular weight is 555 g/mol. The Morgan fingerprint density at radius 2 is 2.06 bits per heavy atom. The topological polar surface area (TPSA) is 130 Å². The van der Waals surface area contributed by atoms with Crippen molar-refractivity contribution in [3.8, 4) is 0 Å². The smallest absolute Gasteiger partial charge is 0.436 e. The highest BCUT2D eigenvalue weighted by atomic mass is 35.5. The molecule has 1 fully saturated rings. The molecule has 2 atom stereocenters. The minimum Gasteiger partial charge on any atom is -0.477 e. The number of aliphatic carboxylic acids is 1. The van der Waals surface area contributed by atoms with Gasteiger partial charge in [-0.3, -0.25) is 19.2 Å². The predicted octanol–water partition coefficient (Wildman–Crippen LogP) is 2.40. The second kappa shape index (κ2) is 9.05. The predicted molar refractivity (Wildman–Crippen MR) is 118 cm³/mol. The molecular weight excluding hydrogens is 541 g/mol. The summed E-state index contributed by atoms with van der Waals surface area (Å²) in [6, 6.07) is -1.13. The molecule has 0 unspecified atom stereocenters. The van der Waals surface area contributed by atoms with Crippen LogP contribution in [0, 0.1) is 6.92 Å². The quantitative estimate of drug-likeness (QED) is 0.408. The van der Waals surface area contributed by atoms with Crippen molar-refractivity contribution in [1.82, 2.24) is 30.2 Å². The Kier molecular flexibility index (Phi) is 6.61. The third kappa shape index (κ3) is 4.38. The van der Waals surface area contributed by atoms with Crippen molar-refractivity contribution >= 4 is 64.2 Å². The monoisotopic (exact) mass is 554 g/mol. The SMILES string of the molecule is Cc1nnc(SCC2=C(C(=O)O)N3C(=O)[C@H](NC(=O)c4c(Cl)c(C(F)(F)F)nn4C)[C@@H]3SC2)s1. The van der Waals surface area contributed by atoms with Crippen molar-refractivity contribution in [2.75, 3.05) is 11.5 Å². The molecule has 2 aromatic heterocycles. The van der Waals surface area contributed by atoms with Crippen LogP contribution in [0.1, 0.15) is 21.2 Å². The third-order valence-corrected chi connectivity index (χ3v) is 8.64. The van der Waals surface area contributed by atoms with Crippen molar-refractivity contribution in [1.29, 1.82) is 0 Å². The highest BCUT2D eigenvalue weighted by Crippen LogP contribution is 2.42. The van der Waals surface area contributed by atoms with Gasteiger partial charge in [-0.25, -0.2) is 4.79 Å². The number of carbonyl (C=O) groups excluding carboxylic acids is 2. The largest absolute Gasteiger partial charge is 0.477 e. The van der Waals surface area contributed by atoms with Crippen molar-refractivity contribution in [3.05, 3.63) is 32.7 Å². The number of hydrogen-bond acceptors (Lipinski definition) is 9. The van der Waals surface area contributed by atoms with E-state index in [1.165, 1.54) is 34.9 Å². The summed E-state index contributed by atoms with van der Waals surface area (Å²) in [5, 5.41) is 22.4. The molecule has 1 saturated heterocycles. The van der Waals surface area contributed by atoms with Crippen LogP contribution < -0.4 is 5.32 Å². The Morgan fingerprint density at radius 1 is 1.35 bits per heavy atom. The van der Waals surface area contributed by atoms with Gasteiger partial charge in [0.25, 0.3) is 11.8 Å². The first-order valence-corrected chi connectivity index (χ1v) is 12.6. The number of thioether (sulfide) groups is 2. The van der Waals surface area contributed by atoms with E-state index in [1.54, 1.807) is 6.92 Å². The van der Waals surface area contributed by atoms with E-state index in [2.05, 4.69) is 20.6 Å². The van der Waals surface area contributed by atoms with Crippen LogP contribution in [-0.2, 0) is 22.8 Å². The number of hydrogen-bond donors (Lipinski definition) is 2. The zero-order chi connectivity index (χ0) is 24.9. The van der Waals surface area contributed by atoms with Gasteiger partial charge in [-0.1, -0.05) is 34.7 Å². The van der Waals surface area contributed by atoms with Gasteiger partial charge in [-0.2, -0.15) is 18.3 Å². The van der Waals surface area contributed by atoms with Gasteiger partial charge in [0.2, 0.25) is 0 Å². The number of alkyl halides is 3. The van der Waals surface area contributed by atoms with E-state index < -0.39 is 51.8 Å². The maximum Gasteiger partial charge on any atom is 0.436 e. The minimum absolute atomic E-state index is 0.175. The fourth-order valence-electron chi connectivity index (χ4n) is 3.42. The molecule has 2 aliphatic heterocycles. The van der Waals surface area contributed by atoms with Crippen molar-refractivity contribution in [2.45, 2.75) is 28.9 Å². The van der Waals surface area contributed by atoms with Gasteiger partial charge in [0.05, 0.1) is 0 Å². The molecule has 2 N–H and O–H groups in total. The molecule has 182 valence electrons. The zero-order valence-electron chi connectivity index (χ0n) is 17.2. The molecule has 0 aromatic carbocycles. The minimum atomic E-state index is -4.86. The molecule has 0 radical (unpaired) electrons. The van der Waals surface area contributed by atoms with Crippen molar-refractivity contribution in [3.63, 3.8) is 0 Å². The Labute approximate surface area is 206 Å². The third-order valence-electron chi connectivity index (χ3n) is 4.89. The van der Waals surface area contributed by atoms with Crippen LogP contribution in [0.3, 0.4) is 0 Å². The average Bonchev–Trinajstić information content (AvgIpc) is 3.31. The molecule has 17 heteroatoms. The summed E-state index contributed by atoms with van der Waals surface area (Å²) in [7, 11) is 1.12. The molecule has 2 aliphatic rings. The lowest BCUT2D eigenvalue weighted by molar-refractivity contribution is -0.148. The molecule has 0 aliphatic carbocycles. The van der Waals surface area contributed by atoms with Gasteiger partial charge < -0.3 is 10.4 Å². The summed E-state index contributed by atoms with van der Waals surface area (Å²) < 4.78 is 40.4. The molecule has 10 nitrogen and oxygen atoms in total. The van der Waals surface area contributed by atoms with Crippen molar-refractivity contribution in [2.24, 2.45) is 7.05 Å². The van der Waals surface area contributed by atoms with E-state index in [1.807, 2.05) is 0 Å². The van der Waals surface area contributed by atoms with E-state index >= 15 is 0 Å². The summed E-state index contributed by atoms with van der Waals surface area (Å²) in [6.45, 7) is 1.79. The summed E-state index contributed by atoms with van der Waals surface area (Å²) in [5.41, 5.74) is -1.64. The number of halogens is 4. The van der Waals surface area contributed by atoms with Gasteiger partial charge in [0, 0.05) is 18.6 Å². The van der Waals surface area contributed by atoms with Crippen LogP contribution in [0.4, 0.5) is 13.2 Å². The van der Waals surface area contributed by atoms with E-state index in [0.29, 0.717) is 14.6 Å². The summed E-state index contributed by atoms with van der Waals surface area (Å²) in [6.07, 6.45) is -4.86. The fourth-order valence-corrected chi connectivity index (χ4v) is 7.07. The first-order valence-electron chi connectivity index (χ1n) is 9.33. The maximum atomic E-state index is 13.0. The Bertz CT molecular complexity index is 1230. The second-order valence-corrected chi connectivity index (χ2v) is 11.0. The number of β-lactam (4-membered cyclic amide) rings is 1. The van der Waals surface area contributed by atoms with Gasteiger partial charge in [0.1, 0.15) is 32.8 Å². The molecule has 4 heterocycles. The molecule has 0 spiro atoms. The van der Waals surface area contributed by atoms with Crippen LogP contribution in [0.2, 0.25) is 5.02 Å². The number of carboxylic acid groups (broad SMARTS) is 1. The number of aryl methyl sites for hydroxylation is 2. The number of rotatable bonds is 6. The summed E-state index contributed by atoms with van der Waals surface area (Å²) in [5.74, 6) is -2.45. The van der Waals surface area contributed by atoms with Crippen LogP contribution >= 0.6 is 46.5 Å². The molecule has 2 aromatic rings. The zero-order valence-corrected chi connectivity index (χ0v) is 20.4. The normalized spacial score (nSPS) is 20.3. The Hall–Kier alpha value is -2.30. The number of carbonyl (C=O) groups is 3. The number of nitrogens with zero attached hydrogens (tertiary/aromatic N) is 5. The molecule has 4 rings (SSSR count). The standard InChI is InChI=1S/C17H14ClF3N6O4S3/c1-5-23-24-16(34-5)33-4-6-3-32-14-8(13(29)27(14)9(6)15(30)31)22-12(28)10-7(18)11(17(19,20)21)25-26(10)2/h8,14H,3-4H2,1-2H3,(H,22,28)(H,30,31)/t8-,14-/m0/s1. The lowest BCUT2D eigenvalue weighted by Gasteiger charge is -2.49.